The summed E-state index contributed by atoms with van der Waals surface area (Å²) in [6.07, 6.45) is 5.10. The molecule has 2 unspecified atom stereocenters. The van der Waals surface area contributed by atoms with Gasteiger partial charge in [-0.3, -0.25) is 9.89 Å². The molecule has 2 saturated heterocycles. The van der Waals surface area contributed by atoms with Gasteiger partial charge in [-0.25, -0.2) is 4.98 Å². The van der Waals surface area contributed by atoms with Crippen molar-refractivity contribution in [1.82, 2.24) is 30.4 Å². The number of carbonyl (C=O) groups excluding carboxylic acids is 1. The summed E-state index contributed by atoms with van der Waals surface area (Å²) in [5.74, 6) is 2.29. The van der Waals surface area contributed by atoms with Crippen molar-refractivity contribution in [3.63, 3.8) is 0 Å². The third-order valence-corrected chi connectivity index (χ3v) is 7.44. The Balaban J connectivity index is 1.28. The number of ether oxygens (including phenoxy) is 1. The monoisotopic (exact) mass is 484 g/mol. The minimum absolute atomic E-state index is 0.196. The molecule has 0 aromatic carbocycles. The summed E-state index contributed by atoms with van der Waals surface area (Å²) in [7, 11) is 1.67. The molecule has 0 spiro atoms. The van der Waals surface area contributed by atoms with Crippen LogP contribution in [0.25, 0.3) is 10.2 Å². The number of aryl methyl sites for hydroxylation is 1. The predicted molar refractivity (Wildman–Crippen MR) is 134 cm³/mol. The first-order valence-corrected chi connectivity index (χ1v) is 12.8. The Bertz CT molecular complexity index is 1120. The van der Waals surface area contributed by atoms with Gasteiger partial charge in [-0.2, -0.15) is 10.1 Å². The van der Waals surface area contributed by atoms with Crippen LogP contribution < -0.4 is 16.0 Å². The minimum atomic E-state index is 0.196. The van der Waals surface area contributed by atoms with E-state index < -0.39 is 0 Å². The number of fused-ring (bicyclic) bond motifs is 3. The van der Waals surface area contributed by atoms with E-state index in [9.17, 15) is 4.79 Å². The molecule has 2 fully saturated rings. The average Bonchev–Trinajstić information content (AvgIpc) is 3.45. The molecule has 11 heteroatoms. The van der Waals surface area contributed by atoms with Crippen molar-refractivity contribution < 1.29 is 9.53 Å². The number of hydrogen-bond acceptors (Lipinski definition) is 9. The van der Waals surface area contributed by atoms with Crippen LogP contribution in [0.1, 0.15) is 37.8 Å². The number of methoxy groups -OCH3 is 1. The Morgan fingerprint density at radius 1 is 1.29 bits per heavy atom. The molecule has 0 radical (unpaired) electrons. The number of thiophene rings is 1. The Hall–Kier alpha value is -2.76. The molecule has 5 heterocycles. The number of rotatable bonds is 9. The van der Waals surface area contributed by atoms with E-state index in [0.29, 0.717) is 25.6 Å². The van der Waals surface area contributed by atoms with E-state index in [-0.39, 0.29) is 24.0 Å². The molecule has 34 heavy (non-hydrogen) atoms. The summed E-state index contributed by atoms with van der Waals surface area (Å²) in [5.41, 5.74) is 0.984. The van der Waals surface area contributed by atoms with Gasteiger partial charge in [0.05, 0.1) is 18.5 Å². The molecule has 2 aliphatic rings. The number of nitrogens with zero attached hydrogens (tertiary/aromatic N) is 4. The van der Waals surface area contributed by atoms with Gasteiger partial charge < -0.3 is 25.6 Å². The van der Waals surface area contributed by atoms with Gasteiger partial charge in [-0.15, -0.1) is 11.3 Å². The van der Waals surface area contributed by atoms with Crippen LogP contribution >= 0.6 is 11.3 Å². The molecule has 2 aliphatic heterocycles. The van der Waals surface area contributed by atoms with Crippen LogP contribution in [0, 0.1) is 6.92 Å². The Labute approximate surface area is 202 Å². The second-order valence-electron chi connectivity index (χ2n) is 9.12. The van der Waals surface area contributed by atoms with Crippen LogP contribution in [0.3, 0.4) is 0 Å². The number of aromatic amines is 1. The number of piperidine rings is 2. The molecule has 3 aromatic rings. The van der Waals surface area contributed by atoms with Crippen molar-refractivity contribution in [3.8, 4) is 0 Å². The van der Waals surface area contributed by atoms with Crippen LogP contribution in [-0.2, 0) is 9.53 Å². The number of aromatic nitrogens is 4. The van der Waals surface area contributed by atoms with Crippen LogP contribution in [0.15, 0.2) is 17.5 Å². The fourth-order valence-electron chi connectivity index (χ4n) is 5.17. The molecule has 1 amide bonds. The summed E-state index contributed by atoms with van der Waals surface area (Å²) >= 11 is 1.60. The van der Waals surface area contributed by atoms with Gasteiger partial charge in [0, 0.05) is 43.5 Å². The molecule has 4 N–H and O–H groups in total. The second kappa shape index (κ2) is 10.2. The number of nitrogens with one attached hydrogen (secondary N) is 4. The van der Waals surface area contributed by atoms with Gasteiger partial charge in [0.2, 0.25) is 11.9 Å². The molecular formula is C23H32N8O2S. The lowest BCUT2D eigenvalue weighted by atomic mass is 9.81. The average molecular weight is 485 g/mol. The fraction of sp³-hybridized carbons (Fsp3) is 0.565. The van der Waals surface area contributed by atoms with Crippen LogP contribution in [0.5, 0.6) is 0 Å². The molecule has 10 nitrogen and oxygen atoms in total. The summed E-state index contributed by atoms with van der Waals surface area (Å²) in [6, 6.07) is 4.74. The van der Waals surface area contributed by atoms with Gasteiger partial charge in [-0.05, 0) is 50.5 Å². The molecule has 0 saturated carbocycles. The van der Waals surface area contributed by atoms with Crippen LogP contribution in [0.4, 0.5) is 17.6 Å². The number of amides is 1. The summed E-state index contributed by atoms with van der Waals surface area (Å²) in [6.45, 7) is 3.63. The van der Waals surface area contributed by atoms with E-state index >= 15 is 0 Å². The largest absolute Gasteiger partial charge is 0.383 e. The van der Waals surface area contributed by atoms with Gasteiger partial charge >= 0.3 is 0 Å². The smallest absolute Gasteiger partial charge is 0.237 e. The standard InChI is InChI=1S/C23H32N8O2S/c1-14-10-19(30-29-14)26-21-18-6-9-34-22(18)28-23(27-21)25-15-11-16-4-3-5-17(12-15)31(16)20(32)13-24-7-8-33-2/h6,9-10,15-17,24H,3-5,7-8,11-13H2,1-2H3,(H3,25,26,27,28,29,30). The maximum absolute atomic E-state index is 12.9. The van der Waals surface area contributed by atoms with Crippen molar-refractivity contribution in [2.45, 2.75) is 57.2 Å². The summed E-state index contributed by atoms with van der Waals surface area (Å²) in [5, 5.41) is 20.4. The Morgan fingerprint density at radius 2 is 2.12 bits per heavy atom. The molecule has 0 aliphatic carbocycles. The third-order valence-electron chi connectivity index (χ3n) is 6.63. The highest BCUT2D eigenvalue weighted by atomic mass is 32.1. The first-order valence-electron chi connectivity index (χ1n) is 11.9. The van der Waals surface area contributed by atoms with E-state index in [1.54, 1.807) is 18.4 Å². The lowest BCUT2D eigenvalue weighted by molar-refractivity contribution is -0.139. The molecular weight excluding hydrogens is 452 g/mol. The van der Waals surface area contributed by atoms with Gasteiger partial charge in [0.25, 0.3) is 0 Å². The first kappa shape index (κ1) is 23.0. The number of hydrogen-bond donors (Lipinski definition) is 4. The topological polar surface area (TPSA) is 120 Å². The number of H-pyrrole nitrogens is 1. The zero-order valence-electron chi connectivity index (χ0n) is 19.6. The lowest BCUT2D eigenvalue weighted by Crippen LogP contribution is -2.58. The molecule has 2 atom stereocenters. The van der Waals surface area contributed by atoms with Crippen molar-refractivity contribution in [1.29, 1.82) is 0 Å². The van der Waals surface area contributed by atoms with Gasteiger partial charge in [-0.1, -0.05) is 0 Å². The molecule has 5 rings (SSSR count). The number of anilines is 3. The maximum Gasteiger partial charge on any atom is 0.237 e. The van der Waals surface area contributed by atoms with Crippen LogP contribution in [0.2, 0.25) is 0 Å². The summed E-state index contributed by atoms with van der Waals surface area (Å²) in [4.78, 5) is 25.6. The quantitative estimate of drug-likeness (QED) is 0.342. The normalized spacial score (nSPS) is 22.2. The maximum atomic E-state index is 12.9. The zero-order valence-corrected chi connectivity index (χ0v) is 20.5. The first-order chi connectivity index (χ1) is 16.6. The number of carbonyl (C=O) groups is 1. The van der Waals surface area contributed by atoms with E-state index in [4.69, 9.17) is 14.7 Å². The van der Waals surface area contributed by atoms with E-state index in [1.165, 1.54) is 6.42 Å². The summed E-state index contributed by atoms with van der Waals surface area (Å²) < 4.78 is 5.06. The van der Waals surface area contributed by atoms with E-state index in [1.807, 2.05) is 24.4 Å². The molecule has 182 valence electrons. The SMILES string of the molecule is COCCNCC(=O)N1C2CCCC1CC(Nc1nc(Nc3cc(C)[nH]n3)c3ccsc3n1)C2. The van der Waals surface area contributed by atoms with Crippen molar-refractivity contribution >= 4 is 45.0 Å². The zero-order chi connectivity index (χ0) is 23.5. The van der Waals surface area contributed by atoms with E-state index in [0.717, 1.165) is 53.2 Å². The second-order valence-corrected chi connectivity index (χ2v) is 10.0. The minimum Gasteiger partial charge on any atom is -0.383 e. The van der Waals surface area contributed by atoms with Crippen molar-refractivity contribution in [2.24, 2.45) is 0 Å². The highest BCUT2D eigenvalue weighted by molar-refractivity contribution is 7.16. The van der Waals surface area contributed by atoms with Crippen LogP contribution in [-0.4, -0.2) is 75.9 Å². The van der Waals surface area contributed by atoms with E-state index in [2.05, 4.69) is 31.0 Å². The predicted octanol–water partition coefficient (Wildman–Crippen LogP) is 3.03. The lowest BCUT2D eigenvalue weighted by Gasteiger charge is -2.49. The fourth-order valence-corrected chi connectivity index (χ4v) is 5.93. The van der Waals surface area contributed by atoms with Crippen molar-refractivity contribution in [3.05, 3.63) is 23.2 Å². The Morgan fingerprint density at radius 3 is 2.85 bits per heavy atom. The van der Waals surface area contributed by atoms with Crippen molar-refractivity contribution in [2.75, 3.05) is 37.4 Å². The van der Waals surface area contributed by atoms with Gasteiger partial charge in [0.15, 0.2) is 5.82 Å². The third kappa shape index (κ3) is 5.01. The Kier molecular flexibility index (Phi) is 6.93. The highest BCUT2D eigenvalue weighted by Gasteiger charge is 2.40. The molecule has 2 bridgehead atoms. The van der Waals surface area contributed by atoms with Gasteiger partial charge in [0.1, 0.15) is 10.6 Å². The molecule has 3 aromatic heterocycles. The highest BCUT2D eigenvalue weighted by Crippen LogP contribution is 2.36.